The van der Waals surface area contributed by atoms with Crippen LogP contribution in [0.2, 0.25) is 0 Å². The van der Waals surface area contributed by atoms with Gasteiger partial charge in [0, 0.05) is 25.7 Å². The average molecular weight is 1130 g/mol. The van der Waals surface area contributed by atoms with E-state index in [-0.39, 0.29) is 25.7 Å². The van der Waals surface area contributed by atoms with Crippen LogP contribution >= 0.6 is 15.6 Å². The van der Waals surface area contributed by atoms with Crippen molar-refractivity contribution in [3.05, 3.63) is 0 Å². The Balaban J connectivity index is 5.18. The summed E-state index contributed by atoms with van der Waals surface area (Å²) in [4.78, 5) is 71.5. The van der Waals surface area contributed by atoms with E-state index in [0.29, 0.717) is 25.7 Å². The molecule has 0 bridgehead atoms. The third kappa shape index (κ3) is 51.5. The minimum atomic E-state index is -4.94. The van der Waals surface area contributed by atoms with Gasteiger partial charge in [-0.15, -0.1) is 0 Å². The van der Waals surface area contributed by atoms with E-state index in [4.69, 9.17) is 37.0 Å². The van der Waals surface area contributed by atoms with Gasteiger partial charge in [-0.2, -0.15) is 0 Å². The molecule has 0 saturated carbocycles. The molecule has 0 aliphatic rings. The molecule has 0 amide bonds. The molecular weight excluding hydrogens is 1020 g/mol. The van der Waals surface area contributed by atoms with Crippen LogP contribution in [0, 0.1) is 11.8 Å². The zero-order chi connectivity index (χ0) is 56.6. The van der Waals surface area contributed by atoms with Crippen LogP contribution in [0.4, 0.5) is 0 Å². The summed E-state index contributed by atoms with van der Waals surface area (Å²) in [6, 6.07) is 0. The molecule has 0 aliphatic heterocycles. The van der Waals surface area contributed by atoms with E-state index in [2.05, 4.69) is 41.5 Å². The van der Waals surface area contributed by atoms with Crippen molar-refractivity contribution in [1.82, 2.24) is 0 Å². The van der Waals surface area contributed by atoms with E-state index in [0.717, 1.165) is 121 Å². The number of carbonyl (C=O) groups is 4. The molecule has 19 heteroatoms. The first-order chi connectivity index (χ1) is 36.4. The molecule has 0 rings (SSSR count). The van der Waals surface area contributed by atoms with Crippen LogP contribution in [0.3, 0.4) is 0 Å². The molecule has 2 unspecified atom stereocenters. The van der Waals surface area contributed by atoms with Crippen LogP contribution in [0.25, 0.3) is 0 Å². The fraction of sp³-hybridized carbons (Fsp3) is 0.930. The molecule has 17 nitrogen and oxygen atoms in total. The van der Waals surface area contributed by atoms with E-state index >= 15 is 0 Å². The Morgan fingerprint density at radius 3 is 0.895 bits per heavy atom. The van der Waals surface area contributed by atoms with Gasteiger partial charge >= 0.3 is 39.5 Å². The molecule has 0 aromatic carbocycles. The minimum absolute atomic E-state index is 0.102. The van der Waals surface area contributed by atoms with Crippen molar-refractivity contribution in [1.29, 1.82) is 0 Å². The number of phosphoric acid groups is 2. The van der Waals surface area contributed by atoms with Crippen LogP contribution in [-0.2, 0) is 65.4 Å². The van der Waals surface area contributed by atoms with Gasteiger partial charge in [0.05, 0.1) is 26.4 Å². The number of esters is 4. The van der Waals surface area contributed by atoms with Crippen molar-refractivity contribution in [2.45, 2.75) is 291 Å². The van der Waals surface area contributed by atoms with Gasteiger partial charge in [-0.05, 0) is 37.5 Å². The Morgan fingerprint density at radius 2 is 0.605 bits per heavy atom. The maximum atomic E-state index is 12.9. The van der Waals surface area contributed by atoms with Crippen molar-refractivity contribution in [2.75, 3.05) is 39.6 Å². The lowest BCUT2D eigenvalue weighted by Gasteiger charge is -2.21. The molecule has 0 aliphatic carbocycles. The summed E-state index contributed by atoms with van der Waals surface area (Å²) in [5, 5.41) is 10.5. The molecule has 0 aromatic heterocycles. The summed E-state index contributed by atoms with van der Waals surface area (Å²) in [5.41, 5.74) is 0. The molecule has 0 radical (unpaired) electrons. The normalized spacial score (nSPS) is 14.5. The molecule has 450 valence electrons. The lowest BCUT2D eigenvalue weighted by molar-refractivity contribution is -0.161. The molecule has 0 heterocycles. The van der Waals surface area contributed by atoms with Crippen molar-refractivity contribution in [3.8, 4) is 0 Å². The molecule has 3 N–H and O–H groups in total. The predicted octanol–water partition coefficient (Wildman–Crippen LogP) is 14.9. The number of unbranched alkanes of at least 4 members (excludes halogenated alkanes) is 26. The molecule has 0 saturated heterocycles. The first kappa shape index (κ1) is 74.1. The standard InChI is InChI=1S/C57H110O17P2/c1-7-9-11-13-20-29-35-41-56(61)73-52(45-67-54(59)39-33-25-12-10-8-2)47-71-75(63,64)69-43-51(58)44-70-76(65,66)72-48-53(46-68-55(60)40-34-28-23-19-18-22-27-32-38-50(5)6)74-57(62)42-36-30-24-17-15-14-16-21-26-31-37-49(3)4/h49-53,58H,7-48H2,1-6H3,(H,63,64)(H,65,66)/t51-,52+,53+/m0/s1. The SMILES string of the molecule is CCCCCCCCCC(=O)O[C@H](COC(=O)CCCCCCC)COP(=O)(O)OC[C@H](O)COP(=O)(O)OC[C@@H](COC(=O)CCCCCCCCCCC(C)C)OC(=O)CCCCCCCCCCCCC(C)C. The highest BCUT2D eigenvalue weighted by Gasteiger charge is 2.30. The maximum absolute atomic E-state index is 12.9. The van der Waals surface area contributed by atoms with Gasteiger partial charge in [-0.3, -0.25) is 37.3 Å². The van der Waals surface area contributed by atoms with Crippen molar-refractivity contribution in [3.63, 3.8) is 0 Å². The molecular formula is C57H110O17P2. The largest absolute Gasteiger partial charge is 0.472 e. The van der Waals surface area contributed by atoms with Crippen LogP contribution in [0.5, 0.6) is 0 Å². The number of aliphatic hydroxyl groups excluding tert-OH is 1. The summed E-state index contributed by atoms with van der Waals surface area (Å²) in [7, 11) is -9.86. The molecule has 5 atom stereocenters. The lowest BCUT2D eigenvalue weighted by Crippen LogP contribution is -2.30. The van der Waals surface area contributed by atoms with Gasteiger partial charge in [0.1, 0.15) is 19.3 Å². The molecule has 0 aromatic rings. The highest BCUT2D eigenvalue weighted by Crippen LogP contribution is 2.45. The third-order valence-electron chi connectivity index (χ3n) is 13.0. The second-order valence-electron chi connectivity index (χ2n) is 21.6. The lowest BCUT2D eigenvalue weighted by atomic mass is 10.0. The summed E-state index contributed by atoms with van der Waals surface area (Å²) in [5.74, 6) is -0.681. The summed E-state index contributed by atoms with van der Waals surface area (Å²) < 4.78 is 67.4. The van der Waals surface area contributed by atoms with E-state index in [1.54, 1.807) is 0 Å². The van der Waals surface area contributed by atoms with Gasteiger partial charge in [-0.1, -0.05) is 221 Å². The summed E-state index contributed by atoms with van der Waals surface area (Å²) in [6.07, 6.45) is 29.9. The van der Waals surface area contributed by atoms with Gasteiger partial charge in [0.15, 0.2) is 12.2 Å². The fourth-order valence-corrected chi connectivity index (χ4v) is 9.87. The Morgan fingerprint density at radius 1 is 0.355 bits per heavy atom. The van der Waals surface area contributed by atoms with Crippen LogP contribution in [-0.4, -0.2) is 96.7 Å². The number of hydrogen-bond donors (Lipinski definition) is 3. The topological polar surface area (TPSA) is 237 Å². The van der Waals surface area contributed by atoms with E-state index in [1.807, 2.05) is 0 Å². The van der Waals surface area contributed by atoms with Crippen molar-refractivity contribution in [2.24, 2.45) is 11.8 Å². The second-order valence-corrected chi connectivity index (χ2v) is 24.5. The highest BCUT2D eigenvalue weighted by molar-refractivity contribution is 7.47. The Kier molecular flexibility index (Phi) is 48.8. The van der Waals surface area contributed by atoms with Crippen molar-refractivity contribution < 1.29 is 80.2 Å². The smallest absolute Gasteiger partial charge is 0.462 e. The highest BCUT2D eigenvalue weighted by atomic mass is 31.2. The number of ether oxygens (including phenoxy) is 4. The Labute approximate surface area is 460 Å². The number of phosphoric ester groups is 2. The van der Waals surface area contributed by atoms with E-state index in [9.17, 15) is 43.2 Å². The Bertz CT molecular complexity index is 1510. The number of hydrogen-bond acceptors (Lipinski definition) is 15. The molecule has 0 fully saturated rings. The number of aliphatic hydroxyl groups is 1. The maximum Gasteiger partial charge on any atom is 0.472 e. The van der Waals surface area contributed by atoms with Gasteiger partial charge in [0.2, 0.25) is 0 Å². The number of rotatable bonds is 56. The molecule has 0 spiro atoms. The second kappa shape index (κ2) is 50.1. The fourth-order valence-electron chi connectivity index (χ4n) is 8.29. The third-order valence-corrected chi connectivity index (χ3v) is 14.9. The van der Waals surface area contributed by atoms with E-state index in [1.165, 1.54) is 70.6 Å². The summed E-state index contributed by atoms with van der Waals surface area (Å²) >= 11 is 0. The van der Waals surface area contributed by atoms with Gasteiger partial charge in [0.25, 0.3) is 0 Å². The van der Waals surface area contributed by atoms with Gasteiger partial charge < -0.3 is 33.8 Å². The first-order valence-corrected chi connectivity index (χ1v) is 33.0. The van der Waals surface area contributed by atoms with Gasteiger partial charge in [-0.25, -0.2) is 9.13 Å². The molecule has 76 heavy (non-hydrogen) atoms. The van der Waals surface area contributed by atoms with E-state index < -0.39 is 97.5 Å². The summed E-state index contributed by atoms with van der Waals surface area (Å²) in [6.45, 7) is 9.26. The zero-order valence-corrected chi connectivity index (χ0v) is 50.3. The monoisotopic (exact) mass is 1130 g/mol. The zero-order valence-electron chi connectivity index (χ0n) is 48.5. The van der Waals surface area contributed by atoms with Crippen LogP contribution in [0.1, 0.15) is 273 Å². The predicted molar refractivity (Wildman–Crippen MR) is 298 cm³/mol. The average Bonchev–Trinajstić information content (AvgIpc) is 3.37. The van der Waals surface area contributed by atoms with Crippen LogP contribution in [0.15, 0.2) is 0 Å². The first-order valence-electron chi connectivity index (χ1n) is 30.0. The number of carbonyl (C=O) groups excluding carboxylic acids is 4. The Hall–Kier alpha value is -1.94. The van der Waals surface area contributed by atoms with Crippen LogP contribution < -0.4 is 0 Å². The van der Waals surface area contributed by atoms with Crippen molar-refractivity contribution >= 4 is 39.5 Å². The minimum Gasteiger partial charge on any atom is -0.462 e. The quantitative estimate of drug-likeness (QED) is 0.0222.